The van der Waals surface area contributed by atoms with Crippen LogP contribution in [-0.2, 0) is 6.61 Å². The summed E-state index contributed by atoms with van der Waals surface area (Å²) in [4.78, 5) is 22.4. The number of nitrogens with one attached hydrogen (secondary N) is 1. The van der Waals surface area contributed by atoms with Crippen LogP contribution in [0.15, 0.2) is 65.1 Å². The van der Waals surface area contributed by atoms with Crippen molar-refractivity contribution in [3.05, 3.63) is 82.3 Å². The van der Waals surface area contributed by atoms with Gasteiger partial charge < -0.3 is 19.2 Å². The van der Waals surface area contributed by atoms with E-state index in [2.05, 4.69) is 5.32 Å². The van der Waals surface area contributed by atoms with E-state index in [0.717, 1.165) is 0 Å². The van der Waals surface area contributed by atoms with Crippen molar-refractivity contribution in [2.45, 2.75) is 6.61 Å². The van der Waals surface area contributed by atoms with Crippen LogP contribution in [0.1, 0.15) is 16.3 Å². The summed E-state index contributed by atoms with van der Waals surface area (Å²) >= 11 is 0. The van der Waals surface area contributed by atoms with Crippen LogP contribution >= 0.6 is 0 Å². The third-order valence-corrected chi connectivity index (χ3v) is 3.66. The number of amides is 1. The minimum Gasteiger partial charge on any atom is -0.493 e. The Morgan fingerprint density at radius 3 is 2.44 bits per heavy atom. The predicted molar refractivity (Wildman–Crippen MR) is 97.1 cm³/mol. The summed E-state index contributed by atoms with van der Waals surface area (Å²) in [6.07, 6.45) is 0. The van der Waals surface area contributed by atoms with Gasteiger partial charge in [-0.2, -0.15) is 0 Å². The van der Waals surface area contributed by atoms with Crippen LogP contribution in [0, 0.1) is 10.1 Å². The highest BCUT2D eigenvalue weighted by molar-refractivity contribution is 6.02. The first-order chi connectivity index (χ1) is 13.1. The fraction of sp³-hybridized carbons (Fsp3) is 0.105. The lowest BCUT2D eigenvalue weighted by atomic mass is 10.3. The smallest absolute Gasteiger partial charge is 0.291 e. The fourth-order valence-electron chi connectivity index (χ4n) is 2.32. The van der Waals surface area contributed by atoms with Crippen LogP contribution < -0.4 is 14.8 Å². The summed E-state index contributed by atoms with van der Waals surface area (Å²) in [7, 11) is 1.55. The Bertz CT molecular complexity index is 949. The molecule has 0 unspecified atom stereocenters. The van der Waals surface area contributed by atoms with Gasteiger partial charge in [-0.15, -0.1) is 0 Å². The van der Waals surface area contributed by atoms with Crippen LogP contribution in [0.4, 0.5) is 11.4 Å². The first-order valence-electron chi connectivity index (χ1n) is 7.97. The molecule has 27 heavy (non-hydrogen) atoms. The Balaban J connectivity index is 1.61. The highest BCUT2D eigenvalue weighted by atomic mass is 16.6. The first-order valence-corrected chi connectivity index (χ1v) is 7.97. The van der Waals surface area contributed by atoms with Crippen molar-refractivity contribution in [1.29, 1.82) is 0 Å². The van der Waals surface area contributed by atoms with E-state index in [1.165, 1.54) is 30.3 Å². The van der Waals surface area contributed by atoms with Crippen LogP contribution in [0.2, 0.25) is 0 Å². The molecule has 0 saturated carbocycles. The molecule has 2 aromatic carbocycles. The Hall–Kier alpha value is -3.81. The number of carbonyl (C=O) groups is 1. The molecule has 0 aliphatic rings. The summed E-state index contributed by atoms with van der Waals surface area (Å²) in [5.74, 6) is 1.27. The minimum absolute atomic E-state index is 0.0539. The number of anilines is 1. The maximum atomic E-state index is 12.2. The normalized spacial score (nSPS) is 10.3. The van der Waals surface area contributed by atoms with Gasteiger partial charge in [-0.05, 0) is 36.4 Å². The number of ether oxygens (including phenoxy) is 2. The number of methoxy groups -OCH3 is 1. The first kappa shape index (κ1) is 18.0. The number of hydrogen-bond acceptors (Lipinski definition) is 6. The summed E-state index contributed by atoms with van der Waals surface area (Å²) in [5, 5.41) is 13.3. The van der Waals surface area contributed by atoms with E-state index in [-0.39, 0.29) is 18.1 Å². The molecule has 0 saturated heterocycles. The van der Waals surface area contributed by atoms with E-state index in [0.29, 0.717) is 22.9 Å². The molecule has 8 heteroatoms. The zero-order chi connectivity index (χ0) is 19.2. The molecule has 0 atom stereocenters. The number of nitro benzene ring substituents is 1. The molecule has 0 aliphatic heterocycles. The molecule has 1 heterocycles. The maximum absolute atomic E-state index is 12.2. The van der Waals surface area contributed by atoms with Gasteiger partial charge in [0, 0.05) is 17.8 Å². The lowest BCUT2D eigenvalue weighted by Gasteiger charge is -2.08. The van der Waals surface area contributed by atoms with Crippen molar-refractivity contribution < 1.29 is 23.6 Å². The molecule has 8 nitrogen and oxygen atoms in total. The van der Waals surface area contributed by atoms with Gasteiger partial charge in [-0.3, -0.25) is 14.9 Å². The number of benzene rings is 2. The van der Waals surface area contributed by atoms with Crippen LogP contribution in [0.3, 0.4) is 0 Å². The summed E-state index contributed by atoms with van der Waals surface area (Å²) in [6.45, 7) is 0.130. The molecule has 1 amide bonds. The van der Waals surface area contributed by atoms with Crippen molar-refractivity contribution in [2.24, 2.45) is 0 Å². The van der Waals surface area contributed by atoms with Crippen molar-refractivity contribution >= 4 is 17.3 Å². The molecule has 0 fully saturated rings. The molecule has 0 bridgehead atoms. The molecule has 138 valence electrons. The van der Waals surface area contributed by atoms with Crippen molar-refractivity contribution in [3.63, 3.8) is 0 Å². The zero-order valence-electron chi connectivity index (χ0n) is 14.4. The number of nitro groups is 1. The Morgan fingerprint density at radius 2 is 1.78 bits per heavy atom. The van der Waals surface area contributed by atoms with E-state index in [9.17, 15) is 14.9 Å². The van der Waals surface area contributed by atoms with Crippen molar-refractivity contribution in [3.8, 4) is 11.5 Å². The number of para-hydroxylation sites is 2. The third-order valence-electron chi connectivity index (χ3n) is 3.66. The lowest BCUT2D eigenvalue weighted by molar-refractivity contribution is -0.384. The summed E-state index contributed by atoms with van der Waals surface area (Å²) in [5.41, 5.74) is 0.371. The highest BCUT2D eigenvalue weighted by Crippen LogP contribution is 2.27. The molecule has 3 rings (SSSR count). The second kappa shape index (κ2) is 8.05. The predicted octanol–water partition coefficient (Wildman–Crippen LogP) is 4.03. The quantitative estimate of drug-likeness (QED) is 0.499. The van der Waals surface area contributed by atoms with Gasteiger partial charge >= 0.3 is 0 Å². The Kier molecular flexibility index (Phi) is 5.36. The van der Waals surface area contributed by atoms with Gasteiger partial charge in [0.1, 0.15) is 12.4 Å². The highest BCUT2D eigenvalue weighted by Gasteiger charge is 2.13. The van der Waals surface area contributed by atoms with Gasteiger partial charge in [0.25, 0.3) is 11.6 Å². The van der Waals surface area contributed by atoms with Crippen molar-refractivity contribution in [1.82, 2.24) is 0 Å². The molecular formula is C19H16N2O6. The van der Waals surface area contributed by atoms with Gasteiger partial charge in [0.2, 0.25) is 0 Å². The molecule has 0 aliphatic carbocycles. The lowest BCUT2D eigenvalue weighted by Crippen LogP contribution is -2.10. The second-order valence-corrected chi connectivity index (χ2v) is 5.46. The standard InChI is InChI=1S/C19H16N2O6/c1-25-16-4-2-3-5-17(16)26-12-15-10-11-18(27-15)19(22)20-13-6-8-14(9-7-13)21(23)24/h2-11H,12H2,1H3,(H,20,22). The number of furan rings is 1. The van der Waals surface area contributed by atoms with Crippen LogP contribution in [0.5, 0.6) is 11.5 Å². The van der Waals surface area contributed by atoms with Gasteiger partial charge in [0.15, 0.2) is 17.3 Å². The SMILES string of the molecule is COc1ccccc1OCc1ccc(C(=O)Nc2ccc([N+](=O)[O-])cc2)o1. The largest absolute Gasteiger partial charge is 0.493 e. The van der Waals surface area contributed by atoms with Crippen LogP contribution in [-0.4, -0.2) is 17.9 Å². The third kappa shape index (κ3) is 4.43. The van der Waals surface area contributed by atoms with E-state index in [4.69, 9.17) is 13.9 Å². The Labute approximate surface area is 154 Å². The average molecular weight is 368 g/mol. The molecule has 1 aromatic heterocycles. The topological polar surface area (TPSA) is 104 Å². The Morgan fingerprint density at radius 1 is 1.07 bits per heavy atom. The summed E-state index contributed by atoms with van der Waals surface area (Å²) in [6, 6.07) is 15.9. The minimum atomic E-state index is -0.508. The number of nitrogens with zero attached hydrogens (tertiary/aromatic N) is 1. The number of rotatable bonds is 7. The van der Waals surface area contributed by atoms with Crippen molar-refractivity contribution in [2.75, 3.05) is 12.4 Å². The molecular weight excluding hydrogens is 352 g/mol. The van der Waals surface area contributed by atoms with E-state index in [1.807, 2.05) is 12.1 Å². The average Bonchev–Trinajstić information content (AvgIpc) is 3.16. The second-order valence-electron chi connectivity index (χ2n) is 5.46. The van der Waals surface area contributed by atoms with Gasteiger partial charge in [0.05, 0.1) is 12.0 Å². The maximum Gasteiger partial charge on any atom is 0.291 e. The van der Waals surface area contributed by atoms with Gasteiger partial charge in [-0.25, -0.2) is 0 Å². The number of hydrogen-bond donors (Lipinski definition) is 1. The molecule has 0 spiro atoms. The summed E-state index contributed by atoms with van der Waals surface area (Å²) < 4.78 is 16.3. The van der Waals surface area contributed by atoms with E-state index >= 15 is 0 Å². The van der Waals surface area contributed by atoms with Crippen LogP contribution in [0.25, 0.3) is 0 Å². The zero-order valence-corrected chi connectivity index (χ0v) is 14.4. The van der Waals surface area contributed by atoms with E-state index in [1.54, 1.807) is 25.3 Å². The molecule has 1 N–H and O–H groups in total. The number of carbonyl (C=O) groups excluding carboxylic acids is 1. The van der Waals surface area contributed by atoms with E-state index < -0.39 is 10.8 Å². The molecule has 3 aromatic rings. The fourth-order valence-corrected chi connectivity index (χ4v) is 2.32. The monoisotopic (exact) mass is 368 g/mol. The van der Waals surface area contributed by atoms with Gasteiger partial charge in [-0.1, -0.05) is 12.1 Å². The number of non-ortho nitro benzene ring substituents is 1. The molecule has 0 radical (unpaired) electrons.